The maximum absolute atomic E-state index is 14.2. The van der Waals surface area contributed by atoms with Crippen LogP contribution in [-0.2, 0) is 35.7 Å². The number of carbonyl (C=O) groups is 1. The van der Waals surface area contributed by atoms with Gasteiger partial charge in [0.25, 0.3) is 0 Å². The number of ketones is 1. The van der Waals surface area contributed by atoms with Crippen LogP contribution >= 0.6 is 7.52 Å². The number of sulfonamides is 1. The van der Waals surface area contributed by atoms with Gasteiger partial charge in [-0.05, 0) is 42.7 Å². The van der Waals surface area contributed by atoms with E-state index in [9.17, 15) is 22.9 Å². The first-order chi connectivity index (χ1) is 17.9. The second-order valence-electron chi connectivity index (χ2n) is 9.48. The summed E-state index contributed by atoms with van der Waals surface area (Å²) in [7, 11) is -6.31. The summed E-state index contributed by atoms with van der Waals surface area (Å²) in [5, 5.41) is 14.5. The Balaban J connectivity index is 1.65. The Morgan fingerprint density at radius 3 is 2.45 bits per heavy atom. The number of hydrogen-bond donors (Lipinski definition) is 3. The van der Waals surface area contributed by atoms with Gasteiger partial charge >= 0.3 is 7.52 Å². The molecule has 3 aromatic carbocycles. The van der Waals surface area contributed by atoms with Crippen molar-refractivity contribution < 1.29 is 27.4 Å². The zero-order chi connectivity index (χ0) is 27.3. The van der Waals surface area contributed by atoms with Crippen LogP contribution < -0.4 is 15.3 Å². The van der Waals surface area contributed by atoms with E-state index in [0.717, 1.165) is 11.8 Å². The highest BCUT2D eigenvalue weighted by atomic mass is 32.2. The first-order valence-corrected chi connectivity index (χ1v) is 15.2. The summed E-state index contributed by atoms with van der Waals surface area (Å²) in [6, 6.07) is 21.1. The maximum Gasteiger partial charge on any atom is 0.348 e. The number of carbonyl (C=O) groups excluding carboxylic acids is 1. The number of Topliss-reactive ketones (excluding diaryl/α,β-unsaturated/α-hetero) is 1. The Labute approximate surface area is 220 Å². The number of hydrogen-bond acceptors (Lipinski definition) is 7. The second-order valence-corrected chi connectivity index (χ2v) is 13.3. The van der Waals surface area contributed by atoms with Gasteiger partial charge in [0, 0.05) is 18.4 Å². The smallest absolute Gasteiger partial charge is 0.348 e. The molecular formula is C27H26N3O6PS. The molecule has 0 spiro atoms. The fraction of sp³-hybridized carbons (Fsp3) is 0.185. The van der Waals surface area contributed by atoms with Crippen LogP contribution in [0, 0.1) is 0 Å². The van der Waals surface area contributed by atoms with Crippen molar-refractivity contribution in [3.63, 3.8) is 0 Å². The molecule has 0 radical (unpaired) electrons. The van der Waals surface area contributed by atoms with Gasteiger partial charge in [-0.25, -0.2) is 8.42 Å². The summed E-state index contributed by atoms with van der Waals surface area (Å²) in [6.07, 6.45) is 1.37. The Bertz CT molecular complexity index is 1680. The predicted octanol–water partition coefficient (Wildman–Crippen LogP) is 4.40. The number of aliphatic hydroxyl groups is 1. The minimum absolute atomic E-state index is 0.0807. The standard InChI is InChI=1S/C27H26N3O6PS/c1-27(16-17-9-5-4-6-10-17)20-12-8-7-11-19(20)24(31)23(25(27)32)26-28-21-14-13-18(30-38(3,34)35)15-22(21)37(33,29-26)36-2/h4-15,30-31H,16H2,1-3H3,(H,28,29,33). The Morgan fingerprint density at radius 1 is 1.08 bits per heavy atom. The molecule has 5 rings (SSSR count). The number of amidine groups is 1. The molecule has 1 aliphatic carbocycles. The topological polar surface area (TPSA) is 134 Å². The normalized spacial score (nSPS) is 22.7. The van der Waals surface area contributed by atoms with Crippen molar-refractivity contribution >= 4 is 51.6 Å². The number of anilines is 2. The van der Waals surface area contributed by atoms with Crippen molar-refractivity contribution in [1.29, 1.82) is 0 Å². The number of fused-ring (bicyclic) bond motifs is 2. The molecule has 0 fully saturated rings. The average Bonchev–Trinajstić information content (AvgIpc) is 2.88. The van der Waals surface area contributed by atoms with Gasteiger partial charge in [-0.3, -0.25) is 14.1 Å². The SMILES string of the molecule is COP1(=O)N=C(C2=C(O)c3ccccc3C(C)(Cc3ccccc3)C2=O)Nc2ccc(NS(C)(=O)=O)cc21. The Hall–Kier alpha value is -3.72. The fourth-order valence-electron chi connectivity index (χ4n) is 4.95. The third-order valence-corrected chi connectivity index (χ3v) is 9.26. The van der Waals surface area contributed by atoms with Gasteiger partial charge in [-0.15, -0.1) is 0 Å². The first kappa shape index (κ1) is 25.9. The number of benzene rings is 3. The van der Waals surface area contributed by atoms with Crippen LogP contribution in [0.3, 0.4) is 0 Å². The van der Waals surface area contributed by atoms with Crippen molar-refractivity contribution in [3.05, 3.63) is 95.1 Å². The summed E-state index contributed by atoms with van der Waals surface area (Å²) in [6.45, 7) is 1.82. The van der Waals surface area contributed by atoms with E-state index in [0.29, 0.717) is 23.2 Å². The van der Waals surface area contributed by atoms with Gasteiger partial charge in [-0.2, -0.15) is 4.76 Å². The summed E-state index contributed by atoms with van der Waals surface area (Å²) in [5.74, 6) is -0.739. The molecule has 38 heavy (non-hydrogen) atoms. The molecule has 0 bridgehead atoms. The maximum atomic E-state index is 14.2. The minimum Gasteiger partial charge on any atom is -0.506 e. The fourth-order valence-corrected chi connectivity index (χ4v) is 7.04. The van der Waals surface area contributed by atoms with Crippen molar-refractivity contribution in [2.75, 3.05) is 23.4 Å². The molecule has 196 valence electrons. The quantitative estimate of drug-likeness (QED) is 0.387. The van der Waals surface area contributed by atoms with Crippen LogP contribution in [0.4, 0.5) is 11.4 Å². The summed E-state index contributed by atoms with van der Waals surface area (Å²) >= 11 is 0. The number of nitrogens with one attached hydrogen (secondary N) is 2. The Kier molecular flexibility index (Phi) is 6.30. The molecular weight excluding hydrogens is 525 g/mol. The van der Waals surface area contributed by atoms with Gasteiger partial charge in [-0.1, -0.05) is 54.6 Å². The predicted molar refractivity (Wildman–Crippen MR) is 149 cm³/mol. The minimum atomic E-state index is -3.95. The number of aliphatic hydroxyl groups excluding tert-OH is 1. The lowest BCUT2D eigenvalue weighted by Crippen LogP contribution is -2.43. The van der Waals surface area contributed by atoms with Crippen molar-refractivity contribution in [3.8, 4) is 0 Å². The molecule has 2 atom stereocenters. The van der Waals surface area contributed by atoms with E-state index in [1.165, 1.54) is 25.3 Å². The lowest BCUT2D eigenvalue weighted by atomic mass is 9.66. The van der Waals surface area contributed by atoms with Crippen molar-refractivity contribution in [2.45, 2.75) is 18.8 Å². The van der Waals surface area contributed by atoms with Crippen LogP contribution in [0.15, 0.2) is 83.1 Å². The molecule has 1 aliphatic heterocycles. The molecule has 0 saturated heterocycles. The molecule has 0 saturated carbocycles. The molecule has 0 aromatic heterocycles. The molecule has 2 aliphatic rings. The van der Waals surface area contributed by atoms with Gasteiger partial charge < -0.3 is 14.9 Å². The Morgan fingerprint density at radius 2 is 1.76 bits per heavy atom. The molecule has 3 N–H and O–H groups in total. The largest absolute Gasteiger partial charge is 0.506 e. The van der Waals surface area contributed by atoms with Crippen LogP contribution in [0.5, 0.6) is 0 Å². The third kappa shape index (κ3) is 4.45. The van der Waals surface area contributed by atoms with E-state index in [1.54, 1.807) is 12.1 Å². The molecule has 0 amide bonds. The molecule has 3 aromatic rings. The lowest BCUT2D eigenvalue weighted by Gasteiger charge is -2.37. The van der Waals surface area contributed by atoms with Crippen LogP contribution in [0.2, 0.25) is 0 Å². The summed E-state index contributed by atoms with van der Waals surface area (Å²) < 4.78 is 49.2. The molecule has 11 heteroatoms. The molecule has 1 heterocycles. The highest BCUT2D eigenvalue weighted by molar-refractivity contribution is 7.92. The van der Waals surface area contributed by atoms with Crippen molar-refractivity contribution in [1.82, 2.24) is 0 Å². The van der Waals surface area contributed by atoms with Gasteiger partial charge in [0.2, 0.25) is 10.0 Å². The number of nitrogens with zero attached hydrogens (tertiary/aromatic N) is 1. The van der Waals surface area contributed by atoms with Gasteiger partial charge in [0.15, 0.2) is 5.78 Å². The van der Waals surface area contributed by atoms with E-state index in [1.807, 2.05) is 49.4 Å². The van der Waals surface area contributed by atoms with Crippen LogP contribution in [-0.4, -0.2) is 38.5 Å². The summed E-state index contributed by atoms with van der Waals surface area (Å²) in [5.41, 5.74) is 1.46. The van der Waals surface area contributed by atoms with E-state index in [2.05, 4.69) is 14.8 Å². The third-order valence-electron chi connectivity index (χ3n) is 6.72. The second kappa shape index (κ2) is 9.23. The van der Waals surface area contributed by atoms with E-state index in [4.69, 9.17) is 4.52 Å². The van der Waals surface area contributed by atoms with Gasteiger partial charge in [0.05, 0.1) is 22.7 Å². The van der Waals surface area contributed by atoms with Gasteiger partial charge in [0.1, 0.15) is 17.2 Å². The summed E-state index contributed by atoms with van der Waals surface area (Å²) in [4.78, 5) is 14.2. The zero-order valence-corrected chi connectivity index (χ0v) is 22.6. The highest BCUT2D eigenvalue weighted by Gasteiger charge is 2.47. The monoisotopic (exact) mass is 551 g/mol. The zero-order valence-electron chi connectivity index (χ0n) is 20.9. The van der Waals surface area contributed by atoms with Crippen LogP contribution in [0.25, 0.3) is 5.76 Å². The molecule has 2 unspecified atom stereocenters. The van der Waals surface area contributed by atoms with Crippen LogP contribution in [0.1, 0.15) is 23.6 Å². The van der Waals surface area contributed by atoms with E-state index < -0.39 is 23.0 Å². The molecule has 9 nitrogen and oxygen atoms in total. The average molecular weight is 552 g/mol. The number of rotatable bonds is 6. The van der Waals surface area contributed by atoms with Crippen molar-refractivity contribution in [2.24, 2.45) is 4.76 Å². The highest BCUT2D eigenvalue weighted by Crippen LogP contribution is 2.53. The lowest BCUT2D eigenvalue weighted by molar-refractivity contribution is -0.120. The van der Waals surface area contributed by atoms with E-state index >= 15 is 0 Å². The first-order valence-electron chi connectivity index (χ1n) is 11.7. The van der Waals surface area contributed by atoms with E-state index in [-0.39, 0.29) is 33.9 Å².